The minimum Gasteiger partial charge on any atom is -0.279 e. The van der Waals surface area contributed by atoms with Crippen molar-refractivity contribution in [2.24, 2.45) is 0 Å². The maximum atomic E-state index is 13.1. The van der Waals surface area contributed by atoms with Crippen molar-refractivity contribution in [3.63, 3.8) is 0 Å². The third kappa shape index (κ3) is 3.71. The molecule has 1 aromatic heterocycles. The molecular formula is C17H22ClN3O2S2. The molecule has 5 nitrogen and oxygen atoms in total. The zero-order valence-corrected chi connectivity index (χ0v) is 17.0. The highest BCUT2D eigenvalue weighted by Crippen LogP contribution is 2.39. The first-order chi connectivity index (χ1) is 11.7. The first kappa shape index (κ1) is 18.7. The summed E-state index contributed by atoms with van der Waals surface area (Å²) in [5.41, 5.74) is 8.59. The summed E-state index contributed by atoms with van der Waals surface area (Å²) < 4.78 is 29.0. The van der Waals surface area contributed by atoms with Crippen LogP contribution in [0.3, 0.4) is 0 Å². The molecule has 0 amide bonds. The predicted octanol–water partition coefficient (Wildman–Crippen LogP) is 4.06. The van der Waals surface area contributed by atoms with Crippen LogP contribution in [0.1, 0.15) is 40.3 Å². The second-order valence-electron chi connectivity index (χ2n) is 6.50. The lowest BCUT2D eigenvalue weighted by Crippen LogP contribution is -2.29. The standard InChI is InChI=1S/C17H22ClN3O2S2/c1-9-7-13(18)5-6-14(9)21-25(22,23)17-12(4)24-11(3)16(17)15-8-10(2)19-20-15/h5-7,10,15,19-21H,8H2,1-4H3. The van der Waals surface area contributed by atoms with E-state index in [2.05, 4.69) is 22.5 Å². The number of aryl methyl sites for hydroxylation is 3. The molecule has 2 atom stereocenters. The Morgan fingerprint density at radius 2 is 1.92 bits per heavy atom. The van der Waals surface area contributed by atoms with Gasteiger partial charge in [-0.25, -0.2) is 13.8 Å². The Labute approximate surface area is 157 Å². The number of anilines is 1. The van der Waals surface area contributed by atoms with Gasteiger partial charge in [-0.05, 0) is 57.9 Å². The minimum atomic E-state index is -3.69. The normalized spacial score (nSPS) is 20.8. The molecule has 0 bridgehead atoms. The van der Waals surface area contributed by atoms with Gasteiger partial charge in [-0.15, -0.1) is 11.3 Å². The van der Waals surface area contributed by atoms with Gasteiger partial charge in [0.2, 0.25) is 0 Å². The Morgan fingerprint density at radius 1 is 1.20 bits per heavy atom. The van der Waals surface area contributed by atoms with E-state index in [1.807, 2.05) is 20.8 Å². The number of sulfonamides is 1. The van der Waals surface area contributed by atoms with Gasteiger partial charge in [0.05, 0.1) is 11.7 Å². The third-order valence-electron chi connectivity index (χ3n) is 4.39. The molecule has 1 aliphatic heterocycles. The van der Waals surface area contributed by atoms with Crippen LogP contribution < -0.4 is 15.6 Å². The van der Waals surface area contributed by atoms with Crippen LogP contribution in [0.25, 0.3) is 0 Å². The zero-order chi connectivity index (χ0) is 18.4. The Hall–Kier alpha value is -1.12. The van der Waals surface area contributed by atoms with E-state index >= 15 is 0 Å². The molecule has 0 radical (unpaired) electrons. The zero-order valence-electron chi connectivity index (χ0n) is 14.6. The minimum absolute atomic E-state index is 0.0159. The summed E-state index contributed by atoms with van der Waals surface area (Å²) in [5.74, 6) is 0. The molecule has 1 fully saturated rings. The van der Waals surface area contributed by atoms with Gasteiger partial charge in [0, 0.05) is 26.4 Å². The van der Waals surface area contributed by atoms with E-state index in [9.17, 15) is 8.42 Å². The molecule has 2 heterocycles. The fraction of sp³-hybridized carbons (Fsp3) is 0.412. The van der Waals surface area contributed by atoms with E-state index in [-0.39, 0.29) is 6.04 Å². The highest BCUT2D eigenvalue weighted by molar-refractivity contribution is 7.93. The first-order valence-corrected chi connectivity index (χ1v) is 10.8. The maximum Gasteiger partial charge on any atom is 0.263 e. The van der Waals surface area contributed by atoms with Gasteiger partial charge in [-0.3, -0.25) is 10.1 Å². The largest absolute Gasteiger partial charge is 0.279 e. The van der Waals surface area contributed by atoms with Gasteiger partial charge in [0.15, 0.2) is 0 Å². The fourth-order valence-electron chi connectivity index (χ4n) is 3.26. The second-order valence-corrected chi connectivity index (χ2v) is 9.98. The molecule has 136 valence electrons. The van der Waals surface area contributed by atoms with Crippen molar-refractivity contribution >= 4 is 38.6 Å². The average molecular weight is 400 g/mol. The number of nitrogens with one attached hydrogen (secondary N) is 3. The Bertz CT molecular complexity index is 909. The van der Waals surface area contributed by atoms with Crippen LogP contribution in [0.2, 0.25) is 5.02 Å². The molecular weight excluding hydrogens is 378 g/mol. The van der Waals surface area contributed by atoms with Crippen molar-refractivity contribution in [3.05, 3.63) is 44.1 Å². The Balaban J connectivity index is 2.02. The summed E-state index contributed by atoms with van der Waals surface area (Å²) in [7, 11) is -3.69. The van der Waals surface area contributed by atoms with Crippen LogP contribution >= 0.6 is 22.9 Å². The number of halogens is 1. The van der Waals surface area contributed by atoms with Crippen molar-refractivity contribution in [2.45, 2.75) is 51.1 Å². The smallest absolute Gasteiger partial charge is 0.263 e. The van der Waals surface area contributed by atoms with Gasteiger partial charge in [0.1, 0.15) is 4.90 Å². The summed E-state index contributed by atoms with van der Waals surface area (Å²) >= 11 is 7.49. The van der Waals surface area contributed by atoms with Gasteiger partial charge in [-0.1, -0.05) is 11.6 Å². The molecule has 25 heavy (non-hydrogen) atoms. The summed E-state index contributed by atoms with van der Waals surface area (Å²) in [4.78, 5) is 2.21. The predicted molar refractivity (Wildman–Crippen MR) is 104 cm³/mol. The van der Waals surface area contributed by atoms with Gasteiger partial charge >= 0.3 is 0 Å². The third-order valence-corrected chi connectivity index (χ3v) is 7.35. The summed E-state index contributed by atoms with van der Waals surface area (Å²) in [5, 5.41) is 0.582. The van der Waals surface area contributed by atoms with Crippen LogP contribution in [-0.4, -0.2) is 14.5 Å². The molecule has 0 aliphatic carbocycles. The molecule has 2 unspecified atom stereocenters. The first-order valence-electron chi connectivity index (χ1n) is 8.09. The summed E-state index contributed by atoms with van der Waals surface area (Å²) in [6.45, 7) is 7.74. The molecule has 1 aromatic carbocycles. The molecule has 8 heteroatoms. The monoisotopic (exact) mass is 399 g/mol. The highest BCUT2D eigenvalue weighted by atomic mass is 35.5. The van der Waals surface area contributed by atoms with E-state index in [0.29, 0.717) is 21.6 Å². The lowest BCUT2D eigenvalue weighted by atomic mass is 10.0. The fourth-order valence-corrected chi connectivity index (χ4v) is 6.61. The van der Waals surface area contributed by atoms with Crippen LogP contribution in [0.4, 0.5) is 5.69 Å². The van der Waals surface area contributed by atoms with Gasteiger partial charge in [-0.2, -0.15) is 0 Å². The van der Waals surface area contributed by atoms with E-state index < -0.39 is 10.0 Å². The number of hydrogen-bond acceptors (Lipinski definition) is 5. The molecule has 0 saturated carbocycles. The van der Waals surface area contributed by atoms with Crippen molar-refractivity contribution < 1.29 is 8.42 Å². The van der Waals surface area contributed by atoms with E-state index in [4.69, 9.17) is 11.6 Å². The van der Waals surface area contributed by atoms with Crippen LogP contribution in [0.15, 0.2) is 23.1 Å². The summed E-state index contributed by atoms with van der Waals surface area (Å²) in [6.07, 6.45) is 0.847. The number of thiophene rings is 1. The van der Waals surface area contributed by atoms with Crippen molar-refractivity contribution in [2.75, 3.05) is 4.72 Å². The van der Waals surface area contributed by atoms with Gasteiger partial charge in [0.25, 0.3) is 10.0 Å². The lowest BCUT2D eigenvalue weighted by Gasteiger charge is -2.16. The Morgan fingerprint density at radius 3 is 2.52 bits per heavy atom. The molecule has 1 saturated heterocycles. The van der Waals surface area contributed by atoms with Crippen LogP contribution in [0.5, 0.6) is 0 Å². The quantitative estimate of drug-likeness (QED) is 0.725. The maximum absolute atomic E-state index is 13.1. The topological polar surface area (TPSA) is 70.2 Å². The molecule has 3 rings (SSSR count). The highest BCUT2D eigenvalue weighted by Gasteiger charge is 2.33. The SMILES string of the molecule is Cc1cc(Cl)ccc1NS(=O)(=O)c1c(C)sc(C)c1C1CC(C)NN1. The number of rotatable bonds is 4. The molecule has 2 aromatic rings. The molecule has 0 spiro atoms. The number of hydrogen-bond donors (Lipinski definition) is 3. The second kappa shape index (κ2) is 6.89. The van der Waals surface area contributed by atoms with Gasteiger partial charge < -0.3 is 0 Å². The van der Waals surface area contributed by atoms with Crippen molar-refractivity contribution in [1.82, 2.24) is 10.9 Å². The van der Waals surface area contributed by atoms with E-state index in [0.717, 1.165) is 27.3 Å². The average Bonchev–Trinajstić information content (AvgIpc) is 3.05. The summed E-state index contributed by atoms with van der Waals surface area (Å²) in [6, 6.07) is 5.41. The number of hydrazine groups is 1. The van der Waals surface area contributed by atoms with E-state index in [1.165, 1.54) is 11.3 Å². The molecule has 3 N–H and O–H groups in total. The number of benzene rings is 1. The van der Waals surface area contributed by atoms with Crippen LogP contribution in [0, 0.1) is 20.8 Å². The van der Waals surface area contributed by atoms with Crippen LogP contribution in [-0.2, 0) is 10.0 Å². The lowest BCUT2D eigenvalue weighted by molar-refractivity contribution is 0.552. The van der Waals surface area contributed by atoms with Crippen molar-refractivity contribution in [1.29, 1.82) is 0 Å². The van der Waals surface area contributed by atoms with E-state index in [1.54, 1.807) is 18.2 Å². The Kier molecular flexibility index (Phi) is 5.14. The van der Waals surface area contributed by atoms with Crippen molar-refractivity contribution in [3.8, 4) is 0 Å². The molecule has 1 aliphatic rings.